The Morgan fingerprint density at radius 2 is 1.00 bits per heavy atom. The summed E-state index contributed by atoms with van der Waals surface area (Å²) in [6.07, 6.45) is 0. The minimum atomic E-state index is -0.641. The summed E-state index contributed by atoms with van der Waals surface area (Å²) in [5.41, 5.74) is 1.90. The Morgan fingerprint density at radius 1 is 0.591 bits per heavy atom. The molecule has 0 bridgehead atoms. The summed E-state index contributed by atoms with van der Waals surface area (Å²) in [5.74, 6) is 0.186. The number of benzene rings is 3. The topological polar surface area (TPSA) is 40.5 Å². The second kappa shape index (κ2) is 5.57. The molecule has 0 unspecified atom stereocenters. The predicted molar refractivity (Wildman–Crippen MR) is 88.2 cm³/mol. The van der Waals surface area contributed by atoms with E-state index in [1.807, 2.05) is 67.6 Å². The van der Waals surface area contributed by atoms with E-state index in [0.29, 0.717) is 5.56 Å². The maximum atomic E-state index is 10.4. The molecule has 0 amide bonds. The summed E-state index contributed by atoms with van der Waals surface area (Å²) < 4.78 is 0. The Morgan fingerprint density at radius 3 is 1.41 bits per heavy atom. The number of hydrogen-bond acceptors (Lipinski definition) is 2. The van der Waals surface area contributed by atoms with E-state index in [1.165, 1.54) is 0 Å². The van der Waals surface area contributed by atoms with Crippen LogP contribution in [0.1, 0.15) is 23.6 Å². The van der Waals surface area contributed by atoms with Crippen molar-refractivity contribution < 1.29 is 10.2 Å². The van der Waals surface area contributed by atoms with Crippen molar-refractivity contribution in [1.82, 2.24) is 0 Å². The zero-order chi connectivity index (χ0) is 15.6. The second-order valence-electron chi connectivity index (χ2n) is 5.53. The number of aromatic hydroxyl groups is 2. The van der Waals surface area contributed by atoms with Gasteiger partial charge in [-0.15, -0.1) is 0 Å². The lowest BCUT2D eigenvalue weighted by molar-refractivity contribution is 0.423. The van der Waals surface area contributed by atoms with E-state index in [0.717, 1.165) is 11.1 Å². The first-order chi connectivity index (χ1) is 10.6. The molecule has 2 N–H and O–H groups in total. The van der Waals surface area contributed by atoms with Crippen LogP contribution in [0.5, 0.6) is 11.5 Å². The van der Waals surface area contributed by atoms with Crippen LogP contribution in [0.25, 0.3) is 0 Å². The fourth-order valence-corrected chi connectivity index (χ4v) is 3.04. The molecule has 110 valence electrons. The molecule has 0 heterocycles. The van der Waals surface area contributed by atoms with Gasteiger partial charge >= 0.3 is 0 Å². The molecule has 3 aromatic rings. The van der Waals surface area contributed by atoms with Crippen molar-refractivity contribution in [3.8, 4) is 11.5 Å². The average Bonchev–Trinajstić information content (AvgIpc) is 2.56. The number of phenolic OH excluding ortho intramolecular Hbond substituents is 2. The van der Waals surface area contributed by atoms with Crippen LogP contribution in [0.3, 0.4) is 0 Å². The molecule has 2 heteroatoms. The highest BCUT2D eigenvalue weighted by atomic mass is 16.3. The summed E-state index contributed by atoms with van der Waals surface area (Å²) in [6.45, 7) is 2.02. The molecule has 0 saturated carbocycles. The summed E-state index contributed by atoms with van der Waals surface area (Å²) in [7, 11) is 0. The zero-order valence-corrected chi connectivity index (χ0v) is 12.4. The molecule has 0 fully saturated rings. The van der Waals surface area contributed by atoms with Gasteiger partial charge in [0.25, 0.3) is 0 Å². The second-order valence-corrected chi connectivity index (χ2v) is 5.53. The van der Waals surface area contributed by atoms with Gasteiger partial charge in [-0.1, -0.05) is 66.7 Å². The minimum absolute atomic E-state index is 0.0928. The third-order valence-electron chi connectivity index (χ3n) is 4.22. The summed E-state index contributed by atoms with van der Waals surface area (Å²) in [6, 6.07) is 24.7. The van der Waals surface area contributed by atoms with E-state index >= 15 is 0 Å². The van der Waals surface area contributed by atoms with Crippen LogP contribution in [-0.2, 0) is 5.41 Å². The van der Waals surface area contributed by atoms with E-state index in [4.69, 9.17) is 0 Å². The maximum Gasteiger partial charge on any atom is 0.123 e. The van der Waals surface area contributed by atoms with Gasteiger partial charge in [-0.25, -0.2) is 0 Å². The molecule has 0 aliphatic carbocycles. The number of phenols is 2. The van der Waals surface area contributed by atoms with Crippen molar-refractivity contribution in [2.45, 2.75) is 12.3 Å². The first-order valence-corrected chi connectivity index (χ1v) is 7.26. The first-order valence-electron chi connectivity index (χ1n) is 7.26. The SMILES string of the molecule is CC(c1ccccc1)(c1ccccc1)c1c(O)cccc1O. The van der Waals surface area contributed by atoms with Gasteiger partial charge in [0.05, 0.1) is 5.56 Å². The molecule has 0 radical (unpaired) electrons. The van der Waals surface area contributed by atoms with Gasteiger partial charge in [-0.3, -0.25) is 0 Å². The van der Waals surface area contributed by atoms with Gasteiger partial charge in [0, 0.05) is 5.41 Å². The molecule has 22 heavy (non-hydrogen) atoms. The van der Waals surface area contributed by atoms with Crippen molar-refractivity contribution in [3.05, 3.63) is 95.6 Å². The highest BCUT2D eigenvalue weighted by molar-refractivity contribution is 5.59. The quantitative estimate of drug-likeness (QED) is 0.699. The third kappa shape index (κ3) is 2.23. The molecule has 3 rings (SSSR count). The van der Waals surface area contributed by atoms with Gasteiger partial charge in [0.15, 0.2) is 0 Å². The average molecular weight is 290 g/mol. The van der Waals surface area contributed by atoms with Crippen LogP contribution < -0.4 is 0 Å². The Bertz CT molecular complexity index is 704. The molecule has 0 aromatic heterocycles. The van der Waals surface area contributed by atoms with E-state index in [1.54, 1.807) is 18.2 Å². The van der Waals surface area contributed by atoms with Crippen LogP contribution in [0.15, 0.2) is 78.9 Å². The smallest absolute Gasteiger partial charge is 0.123 e. The van der Waals surface area contributed by atoms with Gasteiger partial charge < -0.3 is 10.2 Å². The van der Waals surface area contributed by atoms with Crippen LogP contribution in [0, 0.1) is 0 Å². The Labute approximate surface area is 130 Å². The van der Waals surface area contributed by atoms with Crippen LogP contribution >= 0.6 is 0 Å². The summed E-state index contributed by atoms with van der Waals surface area (Å²) >= 11 is 0. The molecular weight excluding hydrogens is 272 g/mol. The van der Waals surface area contributed by atoms with Crippen LogP contribution in [-0.4, -0.2) is 10.2 Å². The lowest BCUT2D eigenvalue weighted by Gasteiger charge is -2.32. The van der Waals surface area contributed by atoms with Crippen molar-refractivity contribution in [2.24, 2.45) is 0 Å². The lowest BCUT2D eigenvalue weighted by atomic mass is 9.70. The van der Waals surface area contributed by atoms with E-state index < -0.39 is 5.41 Å². The van der Waals surface area contributed by atoms with Crippen LogP contribution in [0.4, 0.5) is 0 Å². The van der Waals surface area contributed by atoms with Gasteiger partial charge in [-0.05, 0) is 30.2 Å². The number of rotatable bonds is 3. The maximum absolute atomic E-state index is 10.4. The van der Waals surface area contributed by atoms with E-state index in [2.05, 4.69) is 0 Å². The Kier molecular flexibility index (Phi) is 3.60. The summed E-state index contributed by atoms with van der Waals surface area (Å²) in [5, 5.41) is 20.8. The standard InChI is InChI=1S/C20H18O2/c1-20(15-9-4-2-5-10-15,16-11-6-3-7-12-16)19-17(21)13-8-14-18(19)22/h2-14,21-22H,1H3. The molecule has 0 saturated heterocycles. The molecule has 0 spiro atoms. The van der Waals surface area contributed by atoms with E-state index in [-0.39, 0.29) is 11.5 Å². The predicted octanol–water partition coefficient (Wildman–Crippen LogP) is 4.45. The fourth-order valence-electron chi connectivity index (χ4n) is 3.04. The highest BCUT2D eigenvalue weighted by Crippen LogP contribution is 2.46. The summed E-state index contributed by atoms with van der Waals surface area (Å²) in [4.78, 5) is 0. The van der Waals surface area contributed by atoms with Crippen LogP contribution in [0.2, 0.25) is 0 Å². The number of hydrogen-bond donors (Lipinski definition) is 2. The fraction of sp³-hybridized carbons (Fsp3) is 0.100. The van der Waals surface area contributed by atoms with Gasteiger partial charge in [0.2, 0.25) is 0 Å². The first kappa shape index (κ1) is 14.2. The Hall–Kier alpha value is -2.74. The monoisotopic (exact) mass is 290 g/mol. The molecular formula is C20H18O2. The van der Waals surface area contributed by atoms with Crippen molar-refractivity contribution in [2.75, 3.05) is 0 Å². The highest BCUT2D eigenvalue weighted by Gasteiger charge is 2.35. The molecule has 3 aromatic carbocycles. The zero-order valence-electron chi connectivity index (χ0n) is 12.4. The van der Waals surface area contributed by atoms with Crippen molar-refractivity contribution >= 4 is 0 Å². The largest absolute Gasteiger partial charge is 0.507 e. The normalized spacial score (nSPS) is 11.3. The molecule has 0 aliphatic heterocycles. The van der Waals surface area contributed by atoms with Crippen molar-refractivity contribution in [3.63, 3.8) is 0 Å². The van der Waals surface area contributed by atoms with Crippen molar-refractivity contribution in [1.29, 1.82) is 0 Å². The van der Waals surface area contributed by atoms with Gasteiger partial charge in [-0.2, -0.15) is 0 Å². The van der Waals surface area contributed by atoms with E-state index in [9.17, 15) is 10.2 Å². The third-order valence-corrected chi connectivity index (χ3v) is 4.22. The van der Waals surface area contributed by atoms with Gasteiger partial charge in [0.1, 0.15) is 11.5 Å². The Balaban J connectivity index is 2.34. The molecule has 0 atom stereocenters. The minimum Gasteiger partial charge on any atom is -0.507 e. The molecule has 0 aliphatic rings. The lowest BCUT2D eigenvalue weighted by Crippen LogP contribution is -2.25. The molecule has 2 nitrogen and oxygen atoms in total.